The van der Waals surface area contributed by atoms with Crippen molar-refractivity contribution in [2.75, 3.05) is 45.8 Å². The summed E-state index contributed by atoms with van der Waals surface area (Å²) in [6.45, 7) is 12.4. The molecule has 0 bridgehead atoms. The summed E-state index contributed by atoms with van der Waals surface area (Å²) in [5.41, 5.74) is -0.372. The number of carboxylic acids is 1. The van der Waals surface area contributed by atoms with Crippen LogP contribution in [0.2, 0.25) is 0 Å². The van der Waals surface area contributed by atoms with Crippen molar-refractivity contribution in [2.45, 2.75) is 40.0 Å². The highest BCUT2D eigenvalue weighted by Crippen LogP contribution is 2.31. The highest BCUT2D eigenvalue weighted by atomic mass is 16.4. The van der Waals surface area contributed by atoms with Gasteiger partial charge in [-0.05, 0) is 31.2 Å². The van der Waals surface area contributed by atoms with Crippen molar-refractivity contribution in [2.24, 2.45) is 17.3 Å². The molecule has 2 atom stereocenters. The minimum absolute atomic E-state index is 0.184. The third-order valence-corrected chi connectivity index (χ3v) is 5.28. The molecule has 0 radical (unpaired) electrons. The van der Waals surface area contributed by atoms with Crippen LogP contribution in [0.3, 0.4) is 0 Å². The second-order valence-corrected chi connectivity index (χ2v) is 8.29. The summed E-state index contributed by atoms with van der Waals surface area (Å²) in [7, 11) is 0. The van der Waals surface area contributed by atoms with E-state index in [1.165, 1.54) is 0 Å². The average molecular weight is 339 g/mol. The lowest BCUT2D eigenvalue weighted by atomic mass is 9.80. The Hall–Kier alpha value is -1.14. The Morgan fingerprint density at radius 2 is 1.79 bits per heavy atom. The molecule has 2 unspecified atom stereocenters. The molecule has 2 N–H and O–H groups in total. The first-order chi connectivity index (χ1) is 11.3. The molecule has 0 aromatic rings. The summed E-state index contributed by atoms with van der Waals surface area (Å²) >= 11 is 0. The van der Waals surface area contributed by atoms with Gasteiger partial charge in [-0.3, -0.25) is 9.59 Å². The molecule has 2 fully saturated rings. The zero-order valence-corrected chi connectivity index (χ0v) is 15.4. The van der Waals surface area contributed by atoms with E-state index in [4.69, 9.17) is 0 Å². The predicted octanol–water partition coefficient (Wildman–Crippen LogP) is 1.27. The number of hydrogen-bond acceptors (Lipinski definition) is 4. The fraction of sp³-hybridized carbons (Fsp3) is 0.889. The van der Waals surface area contributed by atoms with Gasteiger partial charge in [0.15, 0.2) is 0 Å². The van der Waals surface area contributed by atoms with Crippen LogP contribution in [0.4, 0.5) is 0 Å². The van der Waals surface area contributed by atoms with Crippen molar-refractivity contribution in [3.05, 3.63) is 0 Å². The van der Waals surface area contributed by atoms with Crippen LogP contribution in [0, 0.1) is 17.3 Å². The first-order valence-corrected chi connectivity index (χ1v) is 9.21. The molecule has 6 nitrogen and oxygen atoms in total. The van der Waals surface area contributed by atoms with Gasteiger partial charge in [0, 0.05) is 51.1 Å². The Bertz CT molecular complexity index is 441. The smallest absolute Gasteiger partial charge is 0.303 e. The zero-order valence-electron chi connectivity index (χ0n) is 15.4. The number of carbonyl (C=O) groups is 2. The topological polar surface area (TPSA) is 72.9 Å². The summed E-state index contributed by atoms with van der Waals surface area (Å²) < 4.78 is 0. The monoisotopic (exact) mass is 339 g/mol. The molecule has 2 saturated heterocycles. The van der Waals surface area contributed by atoms with Crippen LogP contribution in [0.1, 0.15) is 40.0 Å². The van der Waals surface area contributed by atoms with Crippen molar-refractivity contribution >= 4 is 11.9 Å². The summed E-state index contributed by atoms with van der Waals surface area (Å²) in [6.07, 6.45) is 2.01. The quantitative estimate of drug-likeness (QED) is 0.789. The maximum atomic E-state index is 12.6. The van der Waals surface area contributed by atoms with Gasteiger partial charge in [-0.15, -0.1) is 0 Å². The number of carbonyl (C=O) groups excluding carboxylic acids is 1. The standard InChI is InChI=1S/C18H33N3O3/c1-18(2,3)17(24)21-9-5-14(12-16(22)23)15(13-21)4-8-20-10-6-19-7-11-20/h14-15,19H,4-13H2,1-3H3,(H,22,23). The second kappa shape index (κ2) is 8.30. The average Bonchev–Trinajstić information content (AvgIpc) is 2.53. The van der Waals surface area contributed by atoms with Crippen molar-refractivity contribution in [1.82, 2.24) is 15.1 Å². The SMILES string of the molecule is CC(C)(C)C(=O)N1CCC(CC(=O)O)C(CCN2CCNCC2)C1. The lowest BCUT2D eigenvalue weighted by Crippen LogP contribution is -2.49. The van der Waals surface area contributed by atoms with Crippen LogP contribution >= 0.6 is 0 Å². The highest BCUT2D eigenvalue weighted by molar-refractivity contribution is 5.81. The third kappa shape index (κ3) is 5.45. The van der Waals surface area contributed by atoms with Gasteiger partial charge < -0.3 is 20.2 Å². The first kappa shape index (κ1) is 19.2. The Labute approximate surface area is 145 Å². The third-order valence-electron chi connectivity index (χ3n) is 5.28. The molecular formula is C18H33N3O3. The van der Waals surface area contributed by atoms with E-state index in [0.717, 1.165) is 45.6 Å². The maximum absolute atomic E-state index is 12.6. The molecule has 0 aromatic heterocycles. The van der Waals surface area contributed by atoms with Crippen LogP contribution in [-0.2, 0) is 9.59 Å². The van der Waals surface area contributed by atoms with Gasteiger partial charge in [0.25, 0.3) is 0 Å². The van der Waals surface area contributed by atoms with Gasteiger partial charge in [0.2, 0.25) is 5.91 Å². The van der Waals surface area contributed by atoms with Crippen molar-refractivity contribution in [3.63, 3.8) is 0 Å². The van der Waals surface area contributed by atoms with E-state index in [2.05, 4.69) is 10.2 Å². The van der Waals surface area contributed by atoms with Crippen LogP contribution in [0.5, 0.6) is 0 Å². The first-order valence-electron chi connectivity index (χ1n) is 9.21. The second-order valence-electron chi connectivity index (χ2n) is 8.29. The van der Waals surface area contributed by atoms with Gasteiger partial charge in [0.05, 0.1) is 0 Å². The fourth-order valence-electron chi connectivity index (χ4n) is 3.84. The molecule has 2 heterocycles. The van der Waals surface area contributed by atoms with Crippen molar-refractivity contribution in [1.29, 1.82) is 0 Å². The number of piperidine rings is 1. The minimum Gasteiger partial charge on any atom is -0.481 e. The Kier molecular flexibility index (Phi) is 6.63. The molecule has 0 aliphatic carbocycles. The fourth-order valence-corrected chi connectivity index (χ4v) is 3.84. The van der Waals surface area contributed by atoms with E-state index < -0.39 is 5.97 Å². The molecular weight excluding hydrogens is 306 g/mol. The summed E-state index contributed by atoms with van der Waals surface area (Å²) in [6, 6.07) is 0. The minimum atomic E-state index is -0.720. The van der Waals surface area contributed by atoms with E-state index in [9.17, 15) is 14.7 Å². The molecule has 24 heavy (non-hydrogen) atoms. The highest BCUT2D eigenvalue weighted by Gasteiger charge is 2.36. The number of aliphatic carboxylic acids is 1. The normalized spacial score (nSPS) is 26.4. The lowest BCUT2D eigenvalue weighted by Gasteiger charge is -2.41. The van der Waals surface area contributed by atoms with Crippen LogP contribution in [-0.4, -0.2) is 72.6 Å². The summed E-state index contributed by atoms with van der Waals surface area (Å²) in [4.78, 5) is 28.2. The molecule has 6 heteroatoms. The van der Waals surface area contributed by atoms with Gasteiger partial charge in [-0.1, -0.05) is 20.8 Å². The Balaban J connectivity index is 1.96. The summed E-state index contributed by atoms with van der Waals surface area (Å²) in [5, 5.41) is 12.6. The molecule has 1 amide bonds. The van der Waals surface area contributed by atoms with Gasteiger partial charge >= 0.3 is 5.97 Å². The van der Waals surface area contributed by atoms with E-state index in [1.54, 1.807) is 0 Å². The zero-order chi connectivity index (χ0) is 17.7. The van der Waals surface area contributed by atoms with Gasteiger partial charge in [0.1, 0.15) is 0 Å². The number of nitrogens with one attached hydrogen (secondary N) is 1. The van der Waals surface area contributed by atoms with Crippen molar-refractivity contribution < 1.29 is 14.7 Å². The molecule has 2 rings (SSSR count). The van der Waals surface area contributed by atoms with E-state index >= 15 is 0 Å². The Morgan fingerprint density at radius 1 is 1.12 bits per heavy atom. The lowest BCUT2D eigenvalue weighted by molar-refractivity contribution is -0.143. The van der Waals surface area contributed by atoms with Crippen LogP contribution in [0.25, 0.3) is 0 Å². The maximum Gasteiger partial charge on any atom is 0.303 e. The molecule has 0 saturated carbocycles. The number of hydrogen-bond donors (Lipinski definition) is 2. The number of likely N-dealkylation sites (tertiary alicyclic amines) is 1. The largest absolute Gasteiger partial charge is 0.481 e. The molecule has 2 aliphatic heterocycles. The number of carboxylic acid groups (broad SMARTS) is 1. The predicted molar refractivity (Wildman–Crippen MR) is 93.8 cm³/mol. The molecule has 2 aliphatic rings. The van der Waals surface area contributed by atoms with Crippen LogP contribution < -0.4 is 5.32 Å². The van der Waals surface area contributed by atoms with Gasteiger partial charge in [-0.2, -0.15) is 0 Å². The number of nitrogens with zero attached hydrogens (tertiary/aromatic N) is 2. The molecule has 138 valence electrons. The van der Waals surface area contributed by atoms with Crippen molar-refractivity contribution in [3.8, 4) is 0 Å². The van der Waals surface area contributed by atoms with Crippen LogP contribution in [0.15, 0.2) is 0 Å². The molecule has 0 aromatic carbocycles. The van der Waals surface area contributed by atoms with E-state index in [0.29, 0.717) is 13.1 Å². The summed E-state index contributed by atoms with van der Waals surface area (Å²) in [5.74, 6) is -0.0586. The molecule has 0 spiro atoms. The number of piperazine rings is 1. The number of amides is 1. The van der Waals surface area contributed by atoms with E-state index in [-0.39, 0.29) is 29.6 Å². The number of rotatable bonds is 5. The van der Waals surface area contributed by atoms with E-state index in [1.807, 2.05) is 25.7 Å². The Morgan fingerprint density at radius 3 is 2.38 bits per heavy atom. The van der Waals surface area contributed by atoms with Gasteiger partial charge in [-0.25, -0.2) is 0 Å².